The predicted molar refractivity (Wildman–Crippen MR) is 65.9 cm³/mol. The van der Waals surface area contributed by atoms with Gasteiger partial charge in [-0.05, 0) is 17.7 Å². The van der Waals surface area contributed by atoms with Gasteiger partial charge in [0, 0.05) is 17.1 Å². The highest BCUT2D eigenvalue weighted by molar-refractivity contribution is 7.98. The number of benzene rings is 1. The van der Waals surface area contributed by atoms with Crippen LogP contribution in [0.4, 0.5) is 0 Å². The molecule has 0 unspecified atom stereocenters. The van der Waals surface area contributed by atoms with Gasteiger partial charge in [0.2, 0.25) is 0 Å². The van der Waals surface area contributed by atoms with Gasteiger partial charge in [-0.2, -0.15) is 11.8 Å². The summed E-state index contributed by atoms with van der Waals surface area (Å²) in [4.78, 5) is 10.5. The van der Waals surface area contributed by atoms with E-state index in [1.54, 1.807) is 7.11 Å². The van der Waals surface area contributed by atoms with Crippen molar-refractivity contribution in [3.05, 3.63) is 42.0 Å². The Balaban J connectivity index is 2.37. The normalized spacial score (nSPS) is 9.81. The summed E-state index contributed by atoms with van der Waals surface area (Å²) < 4.78 is 5.04. The average molecular weight is 238 g/mol. The molecule has 0 aliphatic carbocycles. The van der Waals surface area contributed by atoms with Crippen LogP contribution < -0.4 is 4.74 Å². The maximum atomic E-state index is 10.5. The average Bonchev–Trinajstić information content (AvgIpc) is 2.29. The van der Waals surface area contributed by atoms with Gasteiger partial charge in [0.15, 0.2) is 0 Å². The van der Waals surface area contributed by atoms with E-state index in [1.807, 2.05) is 24.3 Å². The van der Waals surface area contributed by atoms with E-state index >= 15 is 0 Å². The smallest absolute Gasteiger partial charge is 0.331 e. The number of hydrogen-bond donors (Lipinski definition) is 1. The van der Waals surface area contributed by atoms with Gasteiger partial charge in [-0.1, -0.05) is 18.7 Å². The standard InChI is InChI=1S/C12H14O3S/c1-9(12(13)14)7-16-8-10-3-5-11(15-2)6-4-10/h3-6H,1,7-8H2,2H3,(H,13,14). The quantitative estimate of drug-likeness (QED) is 0.774. The zero-order chi connectivity index (χ0) is 12.0. The van der Waals surface area contributed by atoms with Crippen LogP contribution in [0.5, 0.6) is 5.75 Å². The summed E-state index contributed by atoms with van der Waals surface area (Å²) in [7, 11) is 1.63. The van der Waals surface area contributed by atoms with Crippen molar-refractivity contribution in [3.8, 4) is 5.75 Å². The first-order valence-electron chi connectivity index (χ1n) is 4.75. The molecule has 0 radical (unpaired) electrons. The zero-order valence-electron chi connectivity index (χ0n) is 9.10. The van der Waals surface area contributed by atoms with Crippen molar-refractivity contribution in [2.24, 2.45) is 0 Å². The maximum absolute atomic E-state index is 10.5. The molecule has 0 heterocycles. The molecule has 86 valence electrons. The van der Waals surface area contributed by atoms with Crippen molar-refractivity contribution < 1.29 is 14.6 Å². The van der Waals surface area contributed by atoms with Gasteiger partial charge in [-0.25, -0.2) is 4.79 Å². The summed E-state index contributed by atoms with van der Waals surface area (Å²) in [6, 6.07) is 7.72. The van der Waals surface area contributed by atoms with Crippen molar-refractivity contribution in [1.82, 2.24) is 0 Å². The summed E-state index contributed by atoms with van der Waals surface area (Å²) >= 11 is 1.54. The van der Waals surface area contributed by atoms with Gasteiger partial charge in [0.25, 0.3) is 0 Å². The molecule has 0 aliphatic heterocycles. The Morgan fingerprint density at radius 1 is 1.44 bits per heavy atom. The molecule has 0 saturated carbocycles. The number of carboxylic acids is 1. The highest BCUT2D eigenvalue weighted by Crippen LogP contribution is 2.17. The summed E-state index contributed by atoms with van der Waals surface area (Å²) in [6.45, 7) is 3.47. The lowest BCUT2D eigenvalue weighted by Gasteiger charge is -2.03. The second-order valence-electron chi connectivity index (χ2n) is 3.25. The second-order valence-corrected chi connectivity index (χ2v) is 4.24. The summed E-state index contributed by atoms with van der Waals surface area (Å²) in [5.74, 6) is 1.11. The lowest BCUT2D eigenvalue weighted by molar-refractivity contribution is -0.132. The van der Waals surface area contributed by atoms with E-state index in [0.29, 0.717) is 5.75 Å². The molecule has 0 spiro atoms. The van der Waals surface area contributed by atoms with E-state index < -0.39 is 5.97 Å². The third kappa shape index (κ3) is 3.98. The van der Waals surface area contributed by atoms with E-state index in [-0.39, 0.29) is 5.57 Å². The molecule has 16 heavy (non-hydrogen) atoms. The Bertz CT molecular complexity index is 370. The van der Waals surface area contributed by atoms with Gasteiger partial charge in [0.05, 0.1) is 7.11 Å². The van der Waals surface area contributed by atoms with Crippen LogP contribution in [0.15, 0.2) is 36.4 Å². The molecular formula is C12H14O3S. The van der Waals surface area contributed by atoms with Crippen LogP contribution in [0.3, 0.4) is 0 Å². The highest BCUT2D eigenvalue weighted by Gasteiger charge is 2.03. The third-order valence-electron chi connectivity index (χ3n) is 2.01. The molecule has 3 nitrogen and oxygen atoms in total. The van der Waals surface area contributed by atoms with Gasteiger partial charge in [-0.15, -0.1) is 0 Å². The summed E-state index contributed by atoms with van der Waals surface area (Å²) in [5.41, 5.74) is 1.38. The molecule has 0 aliphatic rings. The van der Waals surface area contributed by atoms with Crippen LogP contribution in [0.25, 0.3) is 0 Å². The molecule has 0 aromatic heterocycles. The molecular weight excluding hydrogens is 224 g/mol. The highest BCUT2D eigenvalue weighted by atomic mass is 32.2. The van der Waals surface area contributed by atoms with Crippen molar-refractivity contribution in [2.45, 2.75) is 5.75 Å². The molecule has 0 atom stereocenters. The Hall–Kier alpha value is -1.42. The number of carboxylic acid groups (broad SMARTS) is 1. The fourth-order valence-corrected chi connectivity index (χ4v) is 1.98. The molecule has 0 amide bonds. The first-order valence-corrected chi connectivity index (χ1v) is 5.90. The van der Waals surface area contributed by atoms with Crippen LogP contribution >= 0.6 is 11.8 Å². The maximum Gasteiger partial charge on any atom is 0.331 e. The number of ether oxygens (including phenoxy) is 1. The molecule has 4 heteroatoms. The minimum absolute atomic E-state index is 0.235. The van der Waals surface area contributed by atoms with Crippen molar-refractivity contribution in [1.29, 1.82) is 0 Å². The SMILES string of the molecule is C=C(CSCc1ccc(OC)cc1)C(=O)O. The van der Waals surface area contributed by atoms with E-state index in [2.05, 4.69) is 6.58 Å². The van der Waals surface area contributed by atoms with Crippen LogP contribution in [0, 0.1) is 0 Å². The van der Waals surface area contributed by atoms with E-state index in [4.69, 9.17) is 9.84 Å². The number of thioether (sulfide) groups is 1. The van der Waals surface area contributed by atoms with Gasteiger partial charge < -0.3 is 9.84 Å². The number of methoxy groups -OCH3 is 1. The third-order valence-corrected chi connectivity index (χ3v) is 3.10. The fourth-order valence-electron chi connectivity index (χ4n) is 1.08. The lowest BCUT2D eigenvalue weighted by Crippen LogP contribution is -2.01. The Morgan fingerprint density at radius 2 is 2.06 bits per heavy atom. The molecule has 0 fully saturated rings. The topological polar surface area (TPSA) is 46.5 Å². The lowest BCUT2D eigenvalue weighted by atomic mass is 10.2. The number of rotatable bonds is 6. The number of aliphatic carboxylic acids is 1. The van der Waals surface area contributed by atoms with E-state index in [0.717, 1.165) is 17.1 Å². The van der Waals surface area contributed by atoms with Crippen molar-refractivity contribution in [2.75, 3.05) is 12.9 Å². The predicted octanol–water partition coefficient (Wildman–Crippen LogP) is 2.57. The van der Waals surface area contributed by atoms with Crippen molar-refractivity contribution in [3.63, 3.8) is 0 Å². The fraction of sp³-hybridized carbons (Fsp3) is 0.250. The van der Waals surface area contributed by atoms with Gasteiger partial charge in [0.1, 0.15) is 5.75 Å². The number of carbonyl (C=O) groups is 1. The summed E-state index contributed by atoms with van der Waals surface area (Å²) in [5, 5.41) is 8.62. The molecule has 0 saturated heterocycles. The monoisotopic (exact) mass is 238 g/mol. The Kier molecular flexibility index (Phi) is 4.92. The first kappa shape index (κ1) is 12.6. The van der Waals surface area contributed by atoms with Crippen LogP contribution in [0.2, 0.25) is 0 Å². The van der Waals surface area contributed by atoms with Crippen LogP contribution in [-0.2, 0) is 10.5 Å². The molecule has 1 aromatic carbocycles. The molecule has 0 bridgehead atoms. The van der Waals surface area contributed by atoms with E-state index in [9.17, 15) is 4.79 Å². The minimum atomic E-state index is -0.928. The molecule has 1 aromatic rings. The van der Waals surface area contributed by atoms with Crippen molar-refractivity contribution >= 4 is 17.7 Å². The Labute approximate surface area is 99.1 Å². The largest absolute Gasteiger partial charge is 0.497 e. The zero-order valence-corrected chi connectivity index (χ0v) is 9.92. The van der Waals surface area contributed by atoms with Crippen LogP contribution in [-0.4, -0.2) is 23.9 Å². The van der Waals surface area contributed by atoms with Crippen LogP contribution in [0.1, 0.15) is 5.56 Å². The molecule has 1 rings (SSSR count). The number of hydrogen-bond acceptors (Lipinski definition) is 3. The Morgan fingerprint density at radius 3 is 2.56 bits per heavy atom. The molecule has 1 N–H and O–H groups in total. The minimum Gasteiger partial charge on any atom is -0.497 e. The second kappa shape index (κ2) is 6.23. The summed E-state index contributed by atoms with van der Waals surface area (Å²) in [6.07, 6.45) is 0. The van der Waals surface area contributed by atoms with E-state index in [1.165, 1.54) is 11.8 Å². The first-order chi connectivity index (χ1) is 7.63. The van der Waals surface area contributed by atoms with Gasteiger partial charge in [-0.3, -0.25) is 0 Å². The van der Waals surface area contributed by atoms with Gasteiger partial charge >= 0.3 is 5.97 Å².